The molecule has 1 aliphatic heterocycles. The Bertz CT molecular complexity index is 233. The van der Waals surface area contributed by atoms with E-state index in [4.69, 9.17) is 5.73 Å². The first-order valence-corrected chi connectivity index (χ1v) is 7.51. The molecule has 0 aromatic carbocycles. The van der Waals surface area contributed by atoms with E-state index in [1.54, 1.807) is 0 Å². The summed E-state index contributed by atoms with van der Waals surface area (Å²) in [4.78, 5) is 2.68. The second kappa shape index (κ2) is 7.12. The van der Waals surface area contributed by atoms with Crippen LogP contribution in [0.5, 0.6) is 0 Å². The van der Waals surface area contributed by atoms with Gasteiger partial charge in [-0.3, -0.25) is 0 Å². The summed E-state index contributed by atoms with van der Waals surface area (Å²) in [5.41, 5.74) is 6.42. The Balaban J connectivity index is 0.00000162. The second-order valence-electron chi connectivity index (χ2n) is 7.11. The third-order valence-corrected chi connectivity index (χ3v) is 4.91. The van der Waals surface area contributed by atoms with Gasteiger partial charge < -0.3 is 10.6 Å². The lowest BCUT2D eigenvalue weighted by Crippen LogP contribution is -2.41. The fourth-order valence-electron chi connectivity index (χ4n) is 3.52. The molecule has 1 heterocycles. The largest absolute Gasteiger partial charge is 0.330 e. The van der Waals surface area contributed by atoms with Gasteiger partial charge in [0.05, 0.1) is 0 Å². The maximum atomic E-state index is 5.81. The maximum absolute atomic E-state index is 5.81. The molecule has 2 N–H and O–H groups in total. The van der Waals surface area contributed by atoms with Crippen LogP contribution in [0.25, 0.3) is 0 Å². The van der Waals surface area contributed by atoms with Gasteiger partial charge in [0.2, 0.25) is 0 Å². The normalized spacial score (nSPS) is 29.8. The van der Waals surface area contributed by atoms with Crippen LogP contribution in [0.4, 0.5) is 0 Å². The van der Waals surface area contributed by atoms with E-state index in [-0.39, 0.29) is 12.4 Å². The molecule has 18 heavy (non-hydrogen) atoms. The van der Waals surface area contributed by atoms with Crippen molar-refractivity contribution in [2.45, 2.75) is 52.4 Å². The van der Waals surface area contributed by atoms with Crippen molar-refractivity contribution in [2.24, 2.45) is 23.0 Å². The summed E-state index contributed by atoms with van der Waals surface area (Å²) in [5, 5.41) is 0. The van der Waals surface area contributed by atoms with Crippen LogP contribution in [0.15, 0.2) is 0 Å². The van der Waals surface area contributed by atoms with Gasteiger partial charge in [-0.25, -0.2) is 0 Å². The average molecular weight is 275 g/mol. The zero-order valence-electron chi connectivity index (χ0n) is 12.2. The highest BCUT2D eigenvalue weighted by atomic mass is 35.5. The van der Waals surface area contributed by atoms with Gasteiger partial charge in [-0.05, 0) is 68.9 Å². The summed E-state index contributed by atoms with van der Waals surface area (Å²) < 4.78 is 0. The van der Waals surface area contributed by atoms with Crippen LogP contribution in [-0.4, -0.2) is 31.1 Å². The summed E-state index contributed by atoms with van der Waals surface area (Å²) in [5.74, 6) is 1.73. The summed E-state index contributed by atoms with van der Waals surface area (Å²) in [6.45, 7) is 9.65. The van der Waals surface area contributed by atoms with E-state index < -0.39 is 0 Å². The van der Waals surface area contributed by atoms with Crippen molar-refractivity contribution >= 4 is 12.4 Å². The smallest absolute Gasteiger partial charge is 0.00218 e. The SMILES string of the molecule is CC1(C)CCC(CN2CCCC(CN)C2)CC1.Cl. The average Bonchev–Trinajstić information content (AvgIpc) is 2.32. The lowest BCUT2D eigenvalue weighted by molar-refractivity contribution is 0.113. The molecule has 108 valence electrons. The molecule has 0 bridgehead atoms. The molecule has 0 amide bonds. The lowest BCUT2D eigenvalue weighted by atomic mass is 9.73. The molecule has 2 fully saturated rings. The molecule has 3 heteroatoms. The Morgan fingerprint density at radius 1 is 1.11 bits per heavy atom. The van der Waals surface area contributed by atoms with Gasteiger partial charge in [-0.1, -0.05) is 13.8 Å². The molecule has 0 aromatic heterocycles. The van der Waals surface area contributed by atoms with Crippen LogP contribution in [0.3, 0.4) is 0 Å². The van der Waals surface area contributed by atoms with Crippen LogP contribution in [0.2, 0.25) is 0 Å². The molecule has 2 nitrogen and oxygen atoms in total. The zero-order valence-corrected chi connectivity index (χ0v) is 13.0. The monoisotopic (exact) mass is 274 g/mol. The van der Waals surface area contributed by atoms with E-state index >= 15 is 0 Å². The summed E-state index contributed by atoms with van der Waals surface area (Å²) >= 11 is 0. The van der Waals surface area contributed by atoms with Crippen molar-refractivity contribution in [1.82, 2.24) is 4.90 Å². The van der Waals surface area contributed by atoms with Gasteiger partial charge in [0.15, 0.2) is 0 Å². The van der Waals surface area contributed by atoms with Gasteiger partial charge in [0.25, 0.3) is 0 Å². The van der Waals surface area contributed by atoms with Crippen LogP contribution >= 0.6 is 12.4 Å². The van der Waals surface area contributed by atoms with Gasteiger partial charge in [0, 0.05) is 13.1 Å². The highest BCUT2D eigenvalue weighted by Crippen LogP contribution is 2.38. The number of piperidine rings is 1. The van der Waals surface area contributed by atoms with Crippen LogP contribution in [0, 0.1) is 17.3 Å². The van der Waals surface area contributed by atoms with Gasteiger partial charge in [-0.2, -0.15) is 0 Å². The van der Waals surface area contributed by atoms with Crippen LogP contribution < -0.4 is 5.73 Å². The van der Waals surface area contributed by atoms with Crippen molar-refractivity contribution in [3.8, 4) is 0 Å². The van der Waals surface area contributed by atoms with E-state index in [2.05, 4.69) is 18.7 Å². The zero-order chi connectivity index (χ0) is 12.3. The molecule has 0 spiro atoms. The quantitative estimate of drug-likeness (QED) is 0.856. The lowest BCUT2D eigenvalue weighted by Gasteiger charge is -2.39. The first kappa shape index (κ1) is 16.3. The molecular weight excluding hydrogens is 244 g/mol. The van der Waals surface area contributed by atoms with E-state index in [9.17, 15) is 0 Å². The predicted molar refractivity (Wildman–Crippen MR) is 81.2 cm³/mol. The van der Waals surface area contributed by atoms with E-state index in [1.165, 1.54) is 58.2 Å². The molecule has 0 aromatic rings. The van der Waals surface area contributed by atoms with Gasteiger partial charge in [0.1, 0.15) is 0 Å². The van der Waals surface area contributed by atoms with Gasteiger partial charge >= 0.3 is 0 Å². The van der Waals surface area contributed by atoms with Crippen molar-refractivity contribution < 1.29 is 0 Å². The number of nitrogens with two attached hydrogens (primary N) is 1. The fourth-order valence-corrected chi connectivity index (χ4v) is 3.52. The minimum absolute atomic E-state index is 0. The second-order valence-corrected chi connectivity index (χ2v) is 7.11. The number of halogens is 1. The molecule has 2 rings (SSSR count). The number of nitrogens with zero attached hydrogens (tertiary/aromatic N) is 1. The Kier molecular flexibility index (Phi) is 6.43. The van der Waals surface area contributed by atoms with Crippen molar-refractivity contribution in [3.05, 3.63) is 0 Å². The summed E-state index contributed by atoms with van der Waals surface area (Å²) in [7, 11) is 0. The fraction of sp³-hybridized carbons (Fsp3) is 1.00. The molecule has 0 radical (unpaired) electrons. The standard InChI is InChI=1S/C15H30N2.ClH/c1-15(2)7-5-13(6-8-15)11-17-9-3-4-14(10-16)12-17;/h13-14H,3-12,16H2,1-2H3;1H. The highest BCUT2D eigenvalue weighted by molar-refractivity contribution is 5.85. The first-order chi connectivity index (χ1) is 8.09. The van der Waals surface area contributed by atoms with Crippen molar-refractivity contribution in [1.29, 1.82) is 0 Å². The van der Waals surface area contributed by atoms with Crippen LogP contribution in [0.1, 0.15) is 52.4 Å². The third kappa shape index (κ3) is 4.71. The molecule has 1 aliphatic carbocycles. The Hall–Kier alpha value is 0.210. The topological polar surface area (TPSA) is 29.3 Å². The summed E-state index contributed by atoms with van der Waals surface area (Å²) in [6.07, 6.45) is 8.44. The molecule has 1 unspecified atom stereocenters. The molecule has 2 aliphatic rings. The molecule has 1 saturated heterocycles. The van der Waals surface area contributed by atoms with Crippen molar-refractivity contribution in [2.75, 3.05) is 26.2 Å². The number of likely N-dealkylation sites (tertiary alicyclic amines) is 1. The maximum Gasteiger partial charge on any atom is 0.00218 e. The summed E-state index contributed by atoms with van der Waals surface area (Å²) in [6, 6.07) is 0. The third-order valence-electron chi connectivity index (χ3n) is 4.91. The van der Waals surface area contributed by atoms with E-state index in [1.807, 2.05) is 0 Å². The Morgan fingerprint density at radius 3 is 2.39 bits per heavy atom. The number of hydrogen-bond donors (Lipinski definition) is 1. The highest BCUT2D eigenvalue weighted by Gasteiger charge is 2.28. The minimum Gasteiger partial charge on any atom is -0.330 e. The molecule has 1 atom stereocenters. The molecular formula is C15H31ClN2. The van der Waals surface area contributed by atoms with Crippen molar-refractivity contribution in [3.63, 3.8) is 0 Å². The first-order valence-electron chi connectivity index (χ1n) is 7.51. The Morgan fingerprint density at radius 2 is 1.78 bits per heavy atom. The minimum atomic E-state index is 0. The van der Waals surface area contributed by atoms with E-state index in [0.717, 1.165) is 18.4 Å². The van der Waals surface area contributed by atoms with E-state index in [0.29, 0.717) is 5.41 Å². The predicted octanol–water partition coefficient (Wildman–Crippen LogP) is 3.30. The number of hydrogen-bond acceptors (Lipinski definition) is 2. The number of rotatable bonds is 3. The van der Waals surface area contributed by atoms with Gasteiger partial charge in [-0.15, -0.1) is 12.4 Å². The Labute approximate surface area is 119 Å². The van der Waals surface area contributed by atoms with Crippen LogP contribution in [-0.2, 0) is 0 Å². The molecule has 1 saturated carbocycles.